The Balaban J connectivity index is 1.70. The lowest BCUT2D eigenvalue weighted by molar-refractivity contribution is 0.0950. The van der Waals surface area contributed by atoms with Crippen LogP contribution < -0.4 is 5.43 Å². The molecule has 0 bridgehead atoms. The van der Waals surface area contributed by atoms with E-state index in [0.717, 1.165) is 5.69 Å². The van der Waals surface area contributed by atoms with Gasteiger partial charge in [-0.3, -0.25) is 9.89 Å². The van der Waals surface area contributed by atoms with Crippen LogP contribution in [0.15, 0.2) is 45.9 Å². The predicted molar refractivity (Wildman–Crippen MR) is 92.5 cm³/mol. The maximum Gasteiger partial charge on any atom is 0.291 e. The molecule has 8 heteroatoms. The molecule has 0 aliphatic carbocycles. The number of amides is 1. The van der Waals surface area contributed by atoms with Crippen LogP contribution in [0, 0.1) is 6.92 Å². The molecule has 0 aliphatic heterocycles. The van der Waals surface area contributed by atoms with Gasteiger partial charge in [-0.05, 0) is 43.3 Å². The third kappa shape index (κ3) is 3.67. The van der Waals surface area contributed by atoms with Crippen molar-refractivity contribution in [3.05, 3.63) is 63.6 Å². The zero-order valence-corrected chi connectivity index (χ0v) is 14.0. The van der Waals surface area contributed by atoms with E-state index in [9.17, 15) is 4.79 Å². The SMILES string of the molecule is Cc1cc(C(=O)N/N=C\c2ccc(-c3cc(Cl)ccc3Cl)o2)n[nH]1. The second-order valence-corrected chi connectivity index (χ2v) is 5.81. The maximum atomic E-state index is 11.8. The number of hydrogen-bond acceptors (Lipinski definition) is 4. The zero-order valence-electron chi connectivity index (χ0n) is 12.5. The van der Waals surface area contributed by atoms with E-state index in [2.05, 4.69) is 20.7 Å². The lowest BCUT2D eigenvalue weighted by atomic mass is 10.2. The summed E-state index contributed by atoms with van der Waals surface area (Å²) in [4.78, 5) is 11.8. The highest BCUT2D eigenvalue weighted by Gasteiger charge is 2.10. The number of furan rings is 1. The van der Waals surface area contributed by atoms with Gasteiger partial charge < -0.3 is 4.42 Å². The molecule has 0 saturated carbocycles. The summed E-state index contributed by atoms with van der Waals surface area (Å²) < 4.78 is 5.63. The minimum atomic E-state index is -0.416. The van der Waals surface area contributed by atoms with E-state index in [1.165, 1.54) is 6.21 Å². The number of aryl methyl sites for hydroxylation is 1. The predicted octanol–water partition coefficient (Wildman–Crippen LogP) is 4.05. The van der Waals surface area contributed by atoms with Gasteiger partial charge in [0.05, 0.1) is 11.2 Å². The molecule has 3 aromatic rings. The molecule has 0 unspecified atom stereocenters. The smallest absolute Gasteiger partial charge is 0.291 e. The Kier molecular flexibility index (Phi) is 4.69. The van der Waals surface area contributed by atoms with Gasteiger partial charge in [0.2, 0.25) is 0 Å². The average Bonchev–Trinajstić information content (AvgIpc) is 3.19. The van der Waals surface area contributed by atoms with Crippen molar-refractivity contribution in [2.45, 2.75) is 6.92 Å². The standard InChI is InChI=1S/C16H12Cl2N4O2/c1-9-6-14(21-20-9)16(23)22-19-8-11-3-5-15(24-11)12-7-10(17)2-4-13(12)18/h2-8H,1H3,(H,20,21)(H,22,23)/b19-8-. The molecule has 2 heterocycles. The second-order valence-electron chi connectivity index (χ2n) is 4.96. The summed E-state index contributed by atoms with van der Waals surface area (Å²) in [6, 6.07) is 10.2. The number of rotatable bonds is 4. The number of nitrogens with zero attached hydrogens (tertiary/aromatic N) is 2. The molecule has 0 atom stereocenters. The van der Waals surface area contributed by atoms with Gasteiger partial charge in [-0.15, -0.1) is 0 Å². The van der Waals surface area contributed by atoms with E-state index >= 15 is 0 Å². The number of aromatic amines is 1. The molecule has 1 aromatic carbocycles. The molecule has 0 fully saturated rings. The van der Waals surface area contributed by atoms with E-state index in [4.69, 9.17) is 27.6 Å². The van der Waals surface area contributed by atoms with Crippen molar-refractivity contribution in [1.82, 2.24) is 15.6 Å². The molecule has 3 rings (SSSR count). The number of carbonyl (C=O) groups excluding carboxylic acids is 1. The number of hydrogen-bond donors (Lipinski definition) is 2. The largest absolute Gasteiger partial charge is 0.455 e. The van der Waals surface area contributed by atoms with Crippen LogP contribution in [0.3, 0.4) is 0 Å². The van der Waals surface area contributed by atoms with Crippen molar-refractivity contribution >= 4 is 35.3 Å². The fourth-order valence-corrected chi connectivity index (χ4v) is 2.38. The topological polar surface area (TPSA) is 83.3 Å². The van der Waals surface area contributed by atoms with Gasteiger partial charge in [-0.25, -0.2) is 5.43 Å². The van der Waals surface area contributed by atoms with Crippen LogP contribution in [0.25, 0.3) is 11.3 Å². The van der Waals surface area contributed by atoms with Crippen LogP contribution in [-0.4, -0.2) is 22.3 Å². The summed E-state index contributed by atoms with van der Waals surface area (Å²) in [7, 11) is 0. The lowest BCUT2D eigenvalue weighted by Crippen LogP contribution is -2.17. The van der Waals surface area contributed by atoms with Gasteiger partial charge in [0.1, 0.15) is 11.5 Å². The number of carbonyl (C=O) groups is 1. The summed E-state index contributed by atoms with van der Waals surface area (Å²) in [6.45, 7) is 1.80. The fraction of sp³-hybridized carbons (Fsp3) is 0.0625. The number of H-pyrrole nitrogens is 1. The Hall–Kier alpha value is -2.57. The van der Waals surface area contributed by atoms with Crippen molar-refractivity contribution in [3.8, 4) is 11.3 Å². The van der Waals surface area contributed by atoms with Gasteiger partial charge >= 0.3 is 0 Å². The number of benzene rings is 1. The summed E-state index contributed by atoms with van der Waals surface area (Å²) in [5.41, 5.74) is 4.10. The Morgan fingerprint density at radius 3 is 2.88 bits per heavy atom. The Labute approximate surface area is 147 Å². The molecule has 0 aliphatic rings. The minimum absolute atomic E-state index is 0.260. The normalized spacial score (nSPS) is 11.1. The van der Waals surface area contributed by atoms with Crippen molar-refractivity contribution in [2.75, 3.05) is 0 Å². The van der Waals surface area contributed by atoms with Crippen molar-refractivity contribution in [3.63, 3.8) is 0 Å². The van der Waals surface area contributed by atoms with Crippen LogP contribution >= 0.6 is 23.2 Å². The molecule has 122 valence electrons. The molecule has 0 spiro atoms. The van der Waals surface area contributed by atoms with E-state index in [1.54, 1.807) is 43.3 Å². The second kappa shape index (κ2) is 6.90. The lowest BCUT2D eigenvalue weighted by Gasteiger charge is -2.00. The molecule has 6 nitrogen and oxygen atoms in total. The highest BCUT2D eigenvalue weighted by molar-refractivity contribution is 6.35. The summed E-state index contributed by atoms with van der Waals surface area (Å²) >= 11 is 12.1. The maximum absolute atomic E-state index is 11.8. The molecule has 2 aromatic heterocycles. The monoisotopic (exact) mass is 362 g/mol. The summed E-state index contributed by atoms with van der Waals surface area (Å²) in [5.74, 6) is 0.595. The molecule has 0 radical (unpaired) electrons. The molecule has 24 heavy (non-hydrogen) atoms. The van der Waals surface area contributed by atoms with Crippen molar-refractivity contribution in [2.24, 2.45) is 5.10 Å². The van der Waals surface area contributed by atoms with Gasteiger partial charge in [-0.1, -0.05) is 23.2 Å². The third-order valence-electron chi connectivity index (χ3n) is 3.12. The van der Waals surface area contributed by atoms with E-state index in [1.807, 2.05) is 0 Å². The minimum Gasteiger partial charge on any atom is -0.455 e. The first-order valence-electron chi connectivity index (χ1n) is 6.93. The Bertz CT molecular complexity index is 914. The van der Waals surface area contributed by atoms with Crippen LogP contribution in [0.1, 0.15) is 21.9 Å². The van der Waals surface area contributed by atoms with Gasteiger partial charge in [0.25, 0.3) is 5.91 Å². The van der Waals surface area contributed by atoms with E-state index < -0.39 is 5.91 Å². The first-order chi connectivity index (χ1) is 11.5. The van der Waals surface area contributed by atoms with E-state index in [-0.39, 0.29) is 5.69 Å². The highest BCUT2D eigenvalue weighted by Crippen LogP contribution is 2.31. The molecular formula is C16H12Cl2N4O2. The van der Waals surface area contributed by atoms with Crippen molar-refractivity contribution in [1.29, 1.82) is 0 Å². The van der Waals surface area contributed by atoms with Gasteiger partial charge in [0, 0.05) is 16.3 Å². The number of aromatic nitrogens is 2. The third-order valence-corrected chi connectivity index (χ3v) is 3.68. The van der Waals surface area contributed by atoms with Gasteiger partial charge in [0.15, 0.2) is 5.69 Å². The van der Waals surface area contributed by atoms with Crippen LogP contribution in [0.4, 0.5) is 0 Å². The van der Waals surface area contributed by atoms with Crippen LogP contribution in [-0.2, 0) is 0 Å². The average molecular weight is 363 g/mol. The van der Waals surface area contributed by atoms with Crippen LogP contribution in [0.5, 0.6) is 0 Å². The Morgan fingerprint density at radius 2 is 2.12 bits per heavy atom. The molecule has 0 saturated heterocycles. The molecule has 2 N–H and O–H groups in total. The quantitative estimate of drug-likeness (QED) is 0.542. The number of hydrazone groups is 1. The van der Waals surface area contributed by atoms with Crippen molar-refractivity contribution < 1.29 is 9.21 Å². The first-order valence-corrected chi connectivity index (χ1v) is 7.69. The number of nitrogens with one attached hydrogen (secondary N) is 2. The molecular weight excluding hydrogens is 351 g/mol. The number of halogens is 2. The first kappa shape index (κ1) is 16.3. The highest BCUT2D eigenvalue weighted by atomic mass is 35.5. The Morgan fingerprint density at radius 1 is 1.29 bits per heavy atom. The fourth-order valence-electron chi connectivity index (χ4n) is 2.00. The van der Waals surface area contributed by atoms with E-state index in [0.29, 0.717) is 27.1 Å². The molecule has 1 amide bonds. The summed E-state index contributed by atoms with van der Waals surface area (Å²) in [5, 5.41) is 11.5. The zero-order chi connectivity index (χ0) is 17.1. The van der Waals surface area contributed by atoms with Crippen LogP contribution in [0.2, 0.25) is 10.0 Å². The summed E-state index contributed by atoms with van der Waals surface area (Å²) in [6.07, 6.45) is 1.39. The van der Waals surface area contributed by atoms with Gasteiger partial charge in [-0.2, -0.15) is 10.2 Å².